The molecular formula is C20H21N5O. The molecule has 0 radical (unpaired) electrons. The van der Waals surface area contributed by atoms with Gasteiger partial charge < -0.3 is 14.5 Å². The van der Waals surface area contributed by atoms with E-state index in [2.05, 4.69) is 15.0 Å². The lowest BCUT2D eigenvalue weighted by Gasteiger charge is -2.16. The van der Waals surface area contributed by atoms with Crippen LogP contribution in [0.3, 0.4) is 0 Å². The highest BCUT2D eigenvalue weighted by Gasteiger charge is 2.13. The van der Waals surface area contributed by atoms with Crippen LogP contribution in [0.15, 0.2) is 48.8 Å². The Balaban J connectivity index is 1.41. The minimum Gasteiger partial charge on any atom is -0.340 e. The summed E-state index contributed by atoms with van der Waals surface area (Å²) in [7, 11) is 1.81. The second-order valence-electron chi connectivity index (χ2n) is 6.58. The lowest BCUT2D eigenvalue weighted by atomic mass is 10.2. The summed E-state index contributed by atoms with van der Waals surface area (Å²) in [6, 6.07) is 14.0. The SMILES string of the molecule is Cc1cccc2[nH]c(CN(C)C(=O)CCn3cnc4ccccc43)nc12. The minimum atomic E-state index is 0.0833. The lowest BCUT2D eigenvalue weighted by Crippen LogP contribution is -2.27. The molecule has 0 fully saturated rings. The Hall–Kier alpha value is -3.15. The summed E-state index contributed by atoms with van der Waals surface area (Å²) in [6.45, 7) is 3.12. The number of hydrogen-bond donors (Lipinski definition) is 1. The lowest BCUT2D eigenvalue weighted by molar-refractivity contribution is -0.130. The van der Waals surface area contributed by atoms with Gasteiger partial charge in [0, 0.05) is 20.0 Å². The fourth-order valence-electron chi connectivity index (χ4n) is 3.21. The van der Waals surface area contributed by atoms with E-state index in [0.717, 1.165) is 33.5 Å². The van der Waals surface area contributed by atoms with Crippen LogP contribution in [0.1, 0.15) is 17.8 Å². The van der Waals surface area contributed by atoms with E-state index in [1.165, 1.54) is 0 Å². The average molecular weight is 347 g/mol. The molecule has 0 saturated heterocycles. The number of nitrogens with zero attached hydrogens (tertiary/aromatic N) is 4. The number of para-hydroxylation sites is 3. The molecule has 1 N–H and O–H groups in total. The first kappa shape index (κ1) is 16.3. The zero-order chi connectivity index (χ0) is 18.1. The molecule has 2 aromatic heterocycles. The van der Waals surface area contributed by atoms with Gasteiger partial charge in [0.05, 0.1) is 34.9 Å². The van der Waals surface area contributed by atoms with Gasteiger partial charge in [-0.15, -0.1) is 0 Å². The maximum atomic E-state index is 12.5. The van der Waals surface area contributed by atoms with Crippen molar-refractivity contribution in [3.63, 3.8) is 0 Å². The topological polar surface area (TPSA) is 66.8 Å². The van der Waals surface area contributed by atoms with Crippen molar-refractivity contribution >= 4 is 28.0 Å². The average Bonchev–Trinajstić information content (AvgIpc) is 3.24. The predicted molar refractivity (Wildman–Crippen MR) is 102 cm³/mol. The molecule has 2 heterocycles. The number of carbonyl (C=O) groups excluding carboxylic acids is 1. The molecule has 0 spiro atoms. The van der Waals surface area contributed by atoms with Gasteiger partial charge >= 0.3 is 0 Å². The van der Waals surface area contributed by atoms with Crippen LogP contribution in [-0.2, 0) is 17.9 Å². The van der Waals surface area contributed by atoms with Crippen molar-refractivity contribution in [3.8, 4) is 0 Å². The van der Waals surface area contributed by atoms with Gasteiger partial charge in [0.1, 0.15) is 5.82 Å². The van der Waals surface area contributed by atoms with E-state index in [4.69, 9.17) is 0 Å². The van der Waals surface area contributed by atoms with Crippen molar-refractivity contribution in [1.82, 2.24) is 24.4 Å². The quantitative estimate of drug-likeness (QED) is 0.602. The molecule has 6 heteroatoms. The number of aromatic amines is 1. The Kier molecular flexibility index (Phi) is 4.16. The van der Waals surface area contributed by atoms with E-state index in [1.54, 1.807) is 11.2 Å². The van der Waals surface area contributed by atoms with Gasteiger partial charge in [-0.2, -0.15) is 0 Å². The van der Waals surface area contributed by atoms with E-state index < -0.39 is 0 Å². The van der Waals surface area contributed by atoms with Gasteiger partial charge in [0.15, 0.2) is 0 Å². The Labute approximate surface area is 151 Å². The number of H-pyrrole nitrogens is 1. The van der Waals surface area contributed by atoms with Crippen LogP contribution in [0.2, 0.25) is 0 Å². The second-order valence-corrected chi connectivity index (χ2v) is 6.58. The molecule has 132 valence electrons. The molecule has 4 rings (SSSR count). The smallest absolute Gasteiger partial charge is 0.224 e. The third-order valence-corrected chi connectivity index (χ3v) is 4.67. The van der Waals surface area contributed by atoms with Gasteiger partial charge in [-0.05, 0) is 30.7 Å². The summed E-state index contributed by atoms with van der Waals surface area (Å²) in [5.41, 5.74) is 5.10. The summed E-state index contributed by atoms with van der Waals surface area (Å²) in [5.74, 6) is 0.887. The molecule has 0 saturated carbocycles. The number of aromatic nitrogens is 4. The van der Waals surface area contributed by atoms with E-state index in [9.17, 15) is 4.79 Å². The fourth-order valence-corrected chi connectivity index (χ4v) is 3.21. The standard InChI is InChI=1S/C20H21N5O/c1-14-6-5-8-16-20(14)23-18(22-16)12-24(2)19(26)10-11-25-13-21-15-7-3-4-9-17(15)25/h3-9,13H,10-12H2,1-2H3,(H,22,23). The molecular weight excluding hydrogens is 326 g/mol. The minimum absolute atomic E-state index is 0.0833. The van der Waals surface area contributed by atoms with Crippen LogP contribution in [0, 0.1) is 6.92 Å². The molecule has 26 heavy (non-hydrogen) atoms. The predicted octanol–water partition coefficient (Wildman–Crippen LogP) is 3.27. The van der Waals surface area contributed by atoms with E-state index >= 15 is 0 Å². The summed E-state index contributed by atoms with van der Waals surface area (Å²) >= 11 is 0. The number of nitrogens with one attached hydrogen (secondary N) is 1. The number of rotatable bonds is 5. The second kappa shape index (κ2) is 6.63. The third kappa shape index (κ3) is 3.06. The summed E-state index contributed by atoms with van der Waals surface area (Å²) in [6.07, 6.45) is 2.22. The van der Waals surface area contributed by atoms with E-state index in [1.807, 2.05) is 61.0 Å². The van der Waals surface area contributed by atoms with Gasteiger partial charge in [0.25, 0.3) is 0 Å². The van der Waals surface area contributed by atoms with Crippen molar-refractivity contribution in [2.24, 2.45) is 0 Å². The van der Waals surface area contributed by atoms with Gasteiger partial charge in [-0.1, -0.05) is 24.3 Å². The third-order valence-electron chi connectivity index (χ3n) is 4.67. The van der Waals surface area contributed by atoms with Crippen molar-refractivity contribution in [2.75, 3.05) is 7.05 Å². The maximum Gasteiger partial charge on any atom is 0.224 e. The molecule has 1 amide bonds. The van der Waals surface area contributed by atoms with Crippen LogP contribution >= 0.6 is 0 Å². The van der Waals surface area contributed by atoms with Crippen molar-refractivity contribution in [1.29, 1.82) is 0 Å². The normalized spacial score (nSPS) is 11.3. The number of imidazole rings is 2. The number of amides is 1. The maximum absolute atomic E-state index is 12.5. The Morgan fingerprint density at radius 3 is 2.88 bits per heavy atom. The first-order valence-electron chi connectivity index (χ1n) is 8.70. The zero-order valence-electron chi connectivity index (χ0n) is 14.9. The number of hydrogen-bond acceptors (Lipinski definition) is 3. The van der Waals surface area contributed by atoms with Crippen molar-refractivity contribution < 1.29 is 4.79 Å². The zero-order valence-corrected chi connectivity index (χ0v) is 14.9. The molecule has 4 aromatic rings. The highest BCUT2D eigenvalue weighted by Crippen LogP contribution is 2.16. The Morgan fingerprint density at radius 1 is 1.19 bits per heavy atom. The molecule has 6 nitrogen and oxygen atoms in total. The van der Waals surface area contributed by atoms with Crippen LogP contribution in [0.4, 0.5) is 0 Å². The molecule has 0 atom stereocenters. The monoisotopic (exact) mass is 347 g/mol. The number of aryl methyl sites for hydroxylation is 2. The molecule has 0 aliphatic heterocycles. The molecule has 0 aliphatic carbocycles. The van der Waals surface area contributed by atoms with E-state index in [-0.39, 0.29) is 5.91 Å². The Bertz CT molecular complexity index is 1080. The van der Waals surface area contributed by atoms with Gasteiger partial charge in [-0.25, -0.2) is 9.97 Å². The van der Waals surface area contributed by atoms with E-state index in [0.29, 0.717) is 19.5 Å². The van der Waals surface area contributed by atoms with Gasteiger partial charge in [-0.3, -0.25) is 4.79 Å². The Morgan fingerprint density at radius 2 is 2.04 bits per heavy atom. The first-order valence-corrected chi connectivity index (χ1v) is 8.70. The van der Waals surface area contributed by atoms with Crippen LogP contribution in [0.5, 0.6) is 0 Å². The highest BCUT2D eigenvalue weighted by molar-refractivity contribution is 5.79. The summed E-state index contributed by atoms with van der Waals surface area (Å²) in [4.78, 5) is 26.5. The van der Waals surface area contributed by atoms with Crippen molar-refractivity contribution in [2.45, 2.75) is 26.4 Å². The van der Waals surface area contributed by atoms with Crippen LogP contribution in [0.25, 0.3) is 22.1 Å². The highest BCUT2D eigenvalue weighted by atomic mass is 16.2. The summed E-state index contributed by atoms with van der Waals surface area (Å²) in [5, 5.41) is 0. The van der Waals surface area contributed by atoms with Crippen LogP contribution < -0.4 is 0 Å². The summed E-state index contributed by atoms with van der Waals surface area (Å²) < 4.78 is 2.02. The molecule has 0 bridgehead atoms. The first-order chi connectivity index (χ1) is 12.6. The number of carbonyl (C=O) groups is 1. The largest absolute Gasteiger partial charge is 0.340 e. The van der Waals surface area contributed by atoms with Crippen LogP contribution in [-0.4, -0.2) is 37.4 Å². The van der Waals surface area contributed by atoms with Gasteiger partial charge in [0.2, 0.25) is 5.91 Å². The van der Waals surface area contributed by atoms with Crippen molar-refractivity contribution in [3.05, 3.63) is 60.2 Å². The number of fused-ring (bicyclic) bond motifs is 2. The molecule has 0 unspecified atom stereocenters. The molecule has 2 aromatic carbocycles. The number of benzene rings is 2. The fraction of sp³-hybridized carbons (Fsp3) is 0.250. The molecule has 0 aliphatic rings.